The third kappa shape index (κ3) is 3.75. The van der Waals surface area contributed by atoms with E-state index in [1.807, 2.05) is 30.0 Å². The maximum Gasteiger partial charge on any atom is 0.307 e. The first-order chi connectivity index (χ1) is 11.2. The number of nitrogens with one attached hydrogen (secondary N) is 1. The van der Waals surface area contributed by atoms with Crippen molar-refractivity contribution in [1.29, 1.82) is 0 Å². The number of hydrogen-bond donors (Lipinski definition) is 2. The van der Waals surface area contributed by atoms with E-state index in [9.17, 15) is 9.90 Å². The number of methoxy groups -OCH3 is 1. The van der Waals surface area contributed by atoms with Gasteiger partial charge in [0, 0.05) is 18.2 Å². The highest BCUT2D eigenvalue weighted by molar-refractivity contribution is 7.99. The van der Waals surface area contributed by atoms with Crippen LogP contribution < -0.4 is 14.8 Å². The molecule has 2 heterocycles. The number of carboxylic acid groups (broad SMARTS) is 1. The first-order valence-corrected chi connectivity index (χ1v) is 9.22. The lowest BCUT2D eigenvalue weighted by Crippen LogP contribution is -2.22. The van der Waals surface area contributed by atoms with Gasteiger partial charge in [-0.25, -0.2) is 0 Å². The van der Waals surface area contributed by atoms with E-state index in [0.29, 0.717) is 13.0 Å². The van der Waals surface area contributed by atoms with E-state index < -0.39 is 5.97 Å². The molecule has 2 saturated heterocycles. The molecule has 1 aromatic rings. The van der Waals surface area contributed by atoms with Crippen LogP contribution in [-0.4, -0.2) is 42.3 Å². The van der Waals surface area contributed by atoms with Crippen LogP contribution in [0.2, 0.25) is 0 Å². The second-order valence-corrected chi connectivity index (χ2v) is 7.26. The van der Waals surface area contributed by atoms with Gasteiger partial charge in [0.2, 0.25) is 0 Å². The Bertz CT molecular complexity index is 560. The van der Waals surface area contributed by atoms with Gasteiger partial charge in [-0.1, -0.05) is 12.1 Å². The number of carboxylic acids is 1. The molecule has 0 spiro atoms. The predicted octanol–water partition coefficient (Wildman–Crippen LogP) is 2.70. The Labute approximate surface area is 140 Å². The van der Waals surface area contributed by atoms with Crippen molar-refractivity contribution >= 4 is 17.7 Å². The van der Waals surface area contributed by atoms with Crippen LogP contribution >= 0.6 is 11.8 Å². The molecule has 0 aromatic heterocycles. The topological polar surface area (TPSA) is 67.8 Å². The molecule has 126 valence electrons. The summed E-state index contributed by atoms with van der Waals surface area (Å²) in [7, 11) is 1.64. The smallest absolute Gasteiger partial charge is 0.307 e. The molecule has 3 rings (SSSR count). The third-order valence-corrected chi connectivity index (χ3v) is 5.58. The van der Waals surface area contributed by atoms with Gasteiger partial charge in [0.1, 0.15) is 6.10 Å². The molecule has 6 heteroatoms. The fourth-order valence-electron chi connectivity index (χ4n) is 3.25. The number of para-hydroxylation sites is 1. The number of hydrogen-bond acceptors (Lipinski definition) is 5. The van der Waals surface area contributed by atoms with E-state index in [1.54, 1.807) is 7.11 Å². The predicted molar refractivity (Wildman–Crippen MR) is 90.5 cm³/mol. The molecule has 2 fully saturated rings. The normalized spacial score (nSPS) is 25.3. The van der Waals surface area contributed by atoms with E-state index in [-0.39, 0.29) is 18.1 Å². The lowest BCUT2D eigenvalue weighted by molar-refractivity contribution is -0.141. The van der Waals surface area contributed by atoms with Gasteiger partial charge >= 0.3 is 5.97 Å². The molecule has 2 unspecified atom stereocenters. The zero-order valence-electron chi connectivity index (χ0n) is 13.3. The maximum absolute atomic E-state index is 11.2. The van der Waals surface area contributed by atoms with Crippen molar-refractivity contribution in [2.45, 2.75) is 31.4 Å². The van der Waals surface area contributed by atoms with Gasteiger partial charge in [-0.15, -0.1) is 0 Å². The summed E-state index contributed by atoms with van der Waals surface area (Å²) in [5.74, 6) is 2.68. The molecular formula is C17H23NO4S. The summed E-state index contributed by atoms with van der Waals surface area (Å²) >= 11 is 1.97. The molecule has 1 aromatic carbocycles. The van der Waals surface area contributed by atoms with Crippen molar-refractivity contribution in [1.82, 2.24) is 5.32 Å². The highest BCUT2D eigenvalue weighted by Gasteiger charge is 2.32. The zero-order chi connectivity index (χ0) is 16.2. The molecule has 0 bridgehead atoms. The van der Waals surface area contributed by atoms with Crippen molar-refractivity contribution in [3.63, 3.8) is 0 Å². The molecule has 2 N–H and O–H groups in total. The Hall–Kier alpha value is -1.40. The van der Waals surface area contributed by atoms with E-state index in [2.05, 4.69) is 5.32 Å². The summed E-state index contributed by atoms with van der Waals surface area (Å²) in [4.78, 5) is 11.2. The number of rotatable bonds is 5. The molecule has 2 atom stereocenters. The average Bonchev–Trinajstić information content (AvgIpc) is 3.06. The highest BCUT2D eigenvalue weighted by Crippen LogP contribution is 2.40. The number of benzene rings is 1. The van der Waals surface area contributed by atoms with Crippen LogP contribution in [0.15, 0.2) is 18.2 Å². The van der Waals surface area contributed by atoms with Crippen LogP contribution in [0.25, 0.3) is 0 Å². The van der Waals surface area contributed by atoms with Crippen molar-refractivity contribution in [2.75, 3.05) is 25.2 Å². The monoisotopic (exact) mass is 337 g/mol. The minimum atomic E-state index is -0.744. The van der Waals surface area contributed by atoms with Crippen LogP contribution in [0.1, 0.15) is 30.9 Å². The Balaban J connectivity index is 1.78. The molecule has 5 nitrogen and oxygen atoms in total. The first kappa shape index (κ1) is 16.5. The second-order valence-electron chi connectivity index (χ2n) is 6.04. The molecule has 2 aliphatic heterocycles. The number of ether oxygens (including phenoxy) is 2. The highest BCUT2D eigenvalue weighted by atomic mass is 32.2. The minimum Gasteiger partial charge on any atom is -0.493 e. The standard InChI is InChI=1S/C17H23NO4S/c1-21-16-13(14-9-11(10-18-14)17(19)20)3-2-4-15(16)22-12-5-7-23-8-6-12/h2-4,11-12,14,18H,5-10H2,1H3,(H,19,20). The lowest BCUT2D eigenvalue weighted by atomic mass is 9.99. The minimum absolute atomic E-state index is 0.00323. The van der Waals surface area contributed by atoms with Gasteiger partial charge in [-0.3, -0.25) is 4.79 Å². The van der Waals surface area contributed by atoms with Crippen LogP contribution in [-0.2, 0) is 4.79 Å². The molecular weight excluding hydrogens is 314 g/mol. The van der Waals surface area contributed by atoms with Crippen LogP contribution in [0, 0.1) is 5.92 Å². The van der Waals surface area contributed by atoms with Gasteiger partial charge in [0.15, 0.2) is 11.5 Å². The quantitative estimate of drug-likeness (QED) is 0.861. The SMILES string of the molecule is COc1c(OC2CCSCC2)cccc1C1CC(C(=O)O)CN1. The van der Waals surface area contributed by atoms with Crippen molar-refractivity contribution < 1.29 is 19.4 Å². The van der Waals surface area contributed by atoms with Crippen LogP contribution in [0.5, 0.6) is 11.5 Å². The molecule has 2 aliphatic rings. The van der Waals surface area contributed by atoms with E-state index in [0.717, 1.165) is 41.4 Å². The van der Waals surface area contributed by atoms with Gasteiger partial charge in [-0.2, -0.15) is 11.8 Å². The summed E-state index contributed by atoms with van der Waals surface area (Å²) in [5.41, 5.74) is 0.985. The molecule has 0 saturated carbocycles. The average molecular weight is 337 g/mol. The Morgan fingerprint density at radius 1 is 1.35 bits per heavy atom. The van der Waals surface area contributed by atoms with Gasteiger partial charge in [-0.05, 0) is 36.8 Å². The summed E-state index contributed by atoms with van der Waals surface area (Å²) in [5, 5.41) is 12.5. The number of carbonyl (C=O) groups is 1. The van der Waals surface area contributed by atoms with Crippen molar-refractivity contribution in [3.05, 3.63) is 23.8 Å². The fraction of sp³-hybridized carbons (Fsp3) is 0.588. The maximum atomic E-state index is 11.2. The van der Waals surface area contributed by atoms with Gasteiger partial charge in [0.05, 0.1) is 13.0 Å². The summed E-state index contributed by atoms with van der Waals surface area (Å²) in [6.45, 7) is 0.494. The van der Waals surface area contributed by atoms with Crippen molar-refractivity contribution in [3.8, 4) is 11.5 Å². The third-order valence-electron chi connectivity index (χ3n) is 4.53. The Kier molecular flexibility index (Phi) is 5.33. The Morgan fingerprint density at radius 2 is 2.13 bits per heavy atom. The van der Waals surface area contributed by atoms with Crippen LogP contribution in [0.4, 0.5) is 0 Å². The summed E-state index contributed by atoms with van der Waals surface area (Å²) in [6.07, 6.45) is 2.93. The first-order valence-electron chi connectivity index (χ1n) is 8.06. The summed E-state index contributed by atoms with van der Waals surface area (Å²) in [6, 6.07) is 5.88. The van der Waals surface area contributed by atoms with E-state index in [1.165, 1.54) is 0 Å². The molecule has 0 aliphatic carbocycles. The number of thioether (sulfide) groups is 1. The Morgan fingerprint density at radius 3 is 2.78 bits per heavy atom. The number of aliphatic carboxylic acids is 1. The second kappa shape index (κ2) is 7.45. The van der Waals surface area contributed by atoms with E-state index in [4.69, 9.17) is 9.47 Å². The zero-order valence-corrected chi connectivity index (χ0v) is 14.1. The molecule has 0 amide bonds. The van der Waals surface area contributed by atoms with Crippen molar-refractivity contribution in [2.24, 2.45) is 5.92 Å². The fourth-order valence-corrected chi connectivity index (χ4v) is 4.32. The summed E-state index contributed by atoms with van der Waals surface area (Å²) < 4.78 is 11.8. The van der Waals surface area contributed by atoms with E-state index >= 15 is 0 Å². The van der Waals surface area contributed by atoms with Gasteiger partial charge < -0.3 is 19.9 Å². The van der Waals surface area contributed by atoms with Gasteiger partial charge in [0.25, 0.3) is 0 Å². The molecule has 0 radical (unpaired) electrons. The molecule has 23 heavy (non-hydrogen) atoms. The lowest BCUT2D eigenvalue weighted by Gasteiger charge is -2.25. The van der Waals surface area contributed by atoms with Crippen LogP contribution in [0.3, 0.4) is 0 Å². The largest absolute Gasteiger partial charge is 0.493 e.